The number of nitrogens with one attached hydrogen (secondary N) is 3. The molecular formula is C36H30Cl2N4O5S2. The third kappa shape index (κ3) is 9.42. The lowest BCUT2D eigenvalue weighted by Crippen LogP contribution is -2.30. The van der Waals surface area contributed by atoms with E-state index >= 15 is 0 Å². The van der Waals surface area contributed by atoms with Crippen molar-refractivity contribution in [1.29, 1.82) is 0 Å². The molecule has 0 fully saturated rings. The van der Waals surface area contributed by atoms with Crippen molar-refractivity contribution in [2.45, 2.75) is 17.1 Å². The quantitative estimate of drug-likeness (QED) is 0.0868. The molecular weight excluding hydrogens is 703 g/mol. The Morgan fingerprint density at radius 3 is 2.33 bits per heavy atom. The Labute approximate surface area is 301 Å². The van der Waals surface area contributed by atoms with Crippen LogP contribution in [-0.2, 0) is 9.59 Å². The van der Waals surface area contributed by atoms with Gasteiger partial charge in [0.2, 0.25) is 5.91 Å². The first kappa shape index (κ1) is 35.5. The number of hydrogen-bond donors (Lipinski definition) is 3. The maximum Gasteiger partial charge on any atom is 0.272 e. The van der Waals surface area contributed by atoms with Gasteiger partial charge in [-0.25, -0.2) is 4.98 Å². The van der Waals surface area contributed by atoms with Gasteiger partial charge in [0.1, 0.15) is 17.2 Å². The number of benzene rings is 4. The highest BCUT2D eigenvalue weighted by Gasteiger charge is 2.19. The number of hydrogen-bond acceptors (Lipinski definition) is 8. The van der Waals surface area contributed by atoms with Gasteiger partial charge in [-0.05, 0) is 79.7 Å². The van der Waals surface area contributed by atoms with Crippen molar-refractivity contribution in [3.8, 4) is 22.8 Å². The normalized spacial score (nSPS) is 11.7. The zero-order valence-electron chi connectivity index (χ0n) is 26.5. The molecule has 0 aliphatic carbocycles. The molecule has 0 aliphatic rings. The SMILES string of the molecule is COc1ccc(OC)c(/C=C(\NC(=O)c2ccccc2)C(=O)Nc2ccc(SC(C)C(=O)Nc3nc(-c4ccc(Cl)c(Cl)c4)cs3)cc2)c1. The van der Waals surface area contributed by atoms with Crippen molar-refractivity contribution in [2.24, 2.45) is 0 Å². The fourth-order valence-corrected chi connectivity index (χ4v) is 6.34. The summed E-state index contributed by atoms with van der Waals surface area (Å²) in [5.74, 6) is -0.176. The number of rotatable bonds is 12. The predicted molar refractivity (Wildman–Crippen MR) is 198 cm³/mol. The maximum atomic E-state index is 13.5. The van der Waals surface area contributed by atoms with E-state index in [0.717, 1.165) is 10.5 Å². The summed E-state index contributed by atoms with van der Waals surface area (Å²) in [5, 5.41) is 11.2. The Morgan fingerprint density at radius 2 is 1.63 bits per heavy atom. The summed E-state index contributed by atoms with van der Waals surface area (Å²) in [7, 11) is 3.05. The van der Waals surface area contributed by atoms with Crippen molar-refractivity contribution in [3.63, 3.8) is 0 Å². The van der Waals surface area contributed by atoms with E-state index in [2.05, 4.69) is 20.9 Å². The van der Waals surface area contributed by atoms with Gasteiger partial charge in [-0.15, -0.1) is 23.1 Å². The highest BCUT2D eigenvalue weighted by molar-refractivity contribution is 8.00. The topological polar surface area (TPSA) is 119 Å². The second kappa shape index (κ2) is 16.5. The monoisotopic (exact) mass is 732 g/mol. The van der Waals surface area contributed by atoms with Gasteiger partial charge in [-0.1, -0.05) is 47.5 Å². The first-order valence-corrected chi connectivity index (χ1v) is 17.2. The molecule has 3 N–H and O–H groups in total. The van der Waals surface area contributed by atoms with Gasteiger partial charge >= 0.3 is 0 Å². The molecule has 250 valence electrons. The minimum atomic E-state index is -0.550. The van der Waals surface area contributed by atoms with E-state index in [0.29, 0.717) is 49.2 Å². The third-order valence-corrected chi connectivity index (χ3v) is 9.62. The summed E-state index contributed by atoms with van der Waals surface area (Å²) in [6, 6.07) is 26.0. The first-order chi connectivity index (χ1) is 23.6. The Hall–Kier alpha value is -4.81. The Balaban J connectivity index is 1.25. The molecule has 1 heterocycles. The van der Waals surface area contributed by atoms with E-state index in [1.165, 1.54) is 43.4 Å². The summed E-state index contributed by atoms with van der Waals surface area (Å²) in [4.78, 5) is 44.9. The molecule has 49 heavy (non-hydrogen) atoms. The predicted octanol–water partition coefficient (Wildman–Crippen LogP) is 8.66. The van der Waals surface area contributed by atoms with E-state index < -0.39 is 17.1 Å². The molecule has 0 spiro atoms. The molecule has 5 rings (SSSR count). The number of aromatic nitrogens is 1. The van der Waals surface area contributed by atoms with Gasteiger partial charge in [-0.2, -0.15) is 0 Å². The van der Waals surface area contributed by atoms with Gasteiger partial charge in [-0.3, -0.25) is 14.4 Å². The van der Waals surface area contributed by atoms with Crippen LogP contribution in [0.3, 0.4) is 0 Å². The molecule has 0 aliphatic heterocycles. The zero-order chi connectivity index (χ0) is 34.9. The zero-order valence-corrected chi connectivity index (χ0v) is 29.6. The molecule has 1 atom stereocenters. The second-order valence-corrected chi connectivity index (χ2v) is 13.5. The lowest BCUT2D eigenvalue weighted by atomic mass is 10.1. The van der Waals surface area contributed by atoms with E-state index in [9.17, 15) is 14.4 Å². The van der Waals surface area contributed by atoms with Gasteiger partial charge < -0.3 is 25.4 Å². The number of amides is 3. The lowest BCUT2D eigenvalue weighted by Gasteiger charge is -2.14. The summed E-state index contributed by atoms with van der Waals surface area (Å²) >= 11 is 14.8. The van der Waals surface area contributed by atoms with Gasteiger partial charge in [0.05, 0.1) is 35.2 Å². The summed E-state index contributed by atoms with van der Waals surface area (Å²) in [6.45, 7) is 1.79. The van der Waals surface area contributed by atoms with Crippen LogP contribution in [0.4, 0.5) is 10.8 Å². The minimum Gasteiger partial charge on any atom is -0.497 e. The first-order valence-electron chi connectivity index (χ1n) is 14.7. The Kier molecular flexibility index (Phi) is 12.0. The fraction of sp³-hybridized carbons (Fsp3) is 0.111. The average Bonchev–Trinajstić information content (AvgIpc) is 3.58. The number of methoxy groups -OCH3 is 2. The van der Waals surface area contributed by atoms with Crippen LogP contribution in [0.15, 0.2) is 107 Å². The number of anilines is 2. The van der Waals surface area contributed by atoms with Crippen molar-refractivity contribution < 1.29 is 23.9 Å². The minimum absolute atomic E-state index is 0.00588. The molecule has 0 saturated carbocycles. The Morgan fingerprint density at radius 1 is 0.878 bits per heavy atom. The molecule has 3 amide bonds. The second-order valence-electron chi connectivity index (χ2n) is 10.4. The highest BCUT2D eigenvalue weighted by atomic mass is 35.5. The molecule has 1 aromatic heterocycles. The van der Waals surface area contributed by atoms with E-state index in [4.69, 9.17) is 32.7 Å². The summed E-state index contributed by atoms with van der Waals surface area (Å²) in [6.07, 6.45) is 1.53. The van der Waals surface area contributed by atoms with Crippen molar-refractivity contribution in [3.05, 3.63) is 123 Å². The van der Waals surface area contributed by atoms with Crippen LogP contribution in [0.25, 0.3) is 17.3 Å². The number of carbonyl (C=O) groups excluding carboxylic acids is 3. The third-order valence-electron chi connectivity index (χ3n) is 7.01. The van der Waals surface area contributed by atoms with Crippen LogP contribution in [0.1, 0.15) is 22.8 Å². The molecule has 0 saturated heterocycles. The molecule has 5 aromatic rings. The van der Waals surface area contributed by atoms with Crippen LogP contribution < -0.4 is 25.4 Å². The number of thioether (sulfide) groups is 1. The molecule has 0 radical (unpaired) electrons. The number of nitrogens with zero attached hydrogens (tertiary/aromatic N) is 1. The fourth-order valence-electron chi connectivity index (χ4n) is 4.45. The molecule has 4 aromatic carbocycles. The number of halogens is 2. The number of ether oxygens (including phenoxy) is 2. The van der Waals surface area contributed by atoms with E-state index in [-0.39, 0.29) is 11.6 Å². The van der Waals surface area contributed by atoms with Gasteiger partial charge in [0, 0.05) is 32.7 Å². The highest BCUT2D eigenvalue weighted by Crippen LogP contribution is 2.32. The smallest absolute Gasteiger partial charge is 0.272 e. The van der Waals surface area contributed by atoms with Crippen molar-refractivity contribution in [1.82, 2.24) is 10.3 Å². The van der Waals surface area contributed by atoms with Crippen LogP contribution >= 0.6 is 46.3 Å². The van der Waals surface area contributed by atoms with Crippen LogP contribution in [0.2, 0.25) is 10.0 Å². The van der Waals surface area contributed by atoms with Crippen LogP contribution in [0, 0.1) is 0 Å². The summed E-state index contributed by atoms with van der Waals surface area (Å²) in [5.41, 5.74) is 2.87. The van der Waals surface area contributed by atoms with Crippen molar-refractivity contribution >= 4 is 80.9 Å². The molecule has 1 unspecified atom stereocenters. The average molecular weight is 734 g/mol. The number of thiazole rings is 1. The van der Waals surface area contributed by atoms with Gasteiger partial charge in [0.15, 0.2) is 5.13 Å². The standard InChI is InChI=1S/C36H30Cl2N4O5S2/c1-21(33(43)42-36-41-31(20-48-36)23-9-15-28(37)29(38)18-23)49-27-13-10-25(11-14-27)39-35(45)30(40-34(44)22-7-5-4-6-8-22)19-24-17-26(46-2)12-16-32(24)47-3/h4-21H,1-3H3,(H,39,45)(H,40,44)(H,41,42,43)/b30-19-. The molecule has 13 heteroatoms. The van der Waals surface area contributed by atoms with Crippen molar-refractivity contribution in [2.75, 3.05) is 24.9 Å². The van der Waals surface area contributed by atoms with Crippen LogP contribution in [-0.4, -0.2) is 42.2 Å². The van der Waals surface area contributed by atoms with E-state index in [1.807, 2.05) is 11.4 Å². The largest absolute Gasteiger partial charge is 0.497 e. The molecule has 0 bridgehead atoms. The van der Waals surface area contributed by atoms with Crippen LogP contribution in [0.5, 0.6) is 11.5 Å². The summed E-state index contributed by atoms with van der Waals surface area (Å²) < 4.78 is 10.8. The Bertz CT molecular complexity index is 2000. The lowest BCUT2D eigenvalue weighted by molar-refractivity contribution is -0.115. The van der Waals surface area contributed by atoms with Gasteiger partial charge in [0.25, 0.3) is 11.8 Å². The number of carbonyl (C=O) groups is 3. The maximum absolute atomic E-state index is 13.5. The molecule has 9 nitrogen and oxygen atoms in total. The van der Waals surface area contributed by atoms with E-state index in [1.54, 1.807) is 91.9 Å².